The van der Waals surface area contributed by atoms with Gasteiger partial charge in [-0.15, -0.1) is 11.6 Å². The lowest BCUT2D eigenvalue weighted by Crippen LogP contribution is -2.52. The second kappa shape index (κ2) is 6.58. The fourth-order valence-electron chi connectivity index (χ4n) is 2.31. The van der Waals surface area contributed by atoms with Gasteiger partial charge in [0.25, 0.3) is 0 Å². The molecular weight excluding hydrogens is 262 g/mol. The first kappa shape index (κ1) is 16.3. The van der Waals surface area contributed by atoms with Crippen LogP contribution in [0.2, 0.25) is 0 Å². The molecule has 0 fully saturated rings. The predicted molar refractivity (Wildman–Crippen MR) is 79.2 cm³/mol. The highest BCUT2D eigenvalue weighted by molar-refractivity contribution is 6.26. The molecule has 0 heterocycles. The van der Waals surface area contributed by atoms with E-state index in [1.807, 2.05) is 45.9 Å². The monoisotopic (exact) mass is 285 g/mol. The number of carbonyl (C=O) groups is 1. The lowest BCUT2D eigenvalue weighted by Gasteiger charge is -2.42. The van der Waals surface area contributed by atoms with Crippen LogP contribution in [0.25, 0.3) is 0 Å². The third-order valence-corrected chi connectivity index (χ3v) is 4.02. The van der Waals surface area contributed by atoms with Crippen LogP contribution < -0.4 is 0 Å². The maximum atomic E-state index is 11.9. The average molecular weight is 286 g/mol. The SMILES string of the molecule is CCC1(Cl)C=CC=C(C)C1N(COC(C)C)C(C)=O. The summed E-state index contributed by atoms with van der Waals surface area (Å²) in [5.74, 6) is -0.0211. The van der Waals surface area contributed by atoms with E-state index in [0.717, 1.165) is 12.0 Å². The van der Waals surface area contributed by atoms with Crippen molar-refractivity contribution >= 4 is 17.5 Å². The van der Waals surface area contributed by atoms with Gasteiger partial charge in [-0.25, -0.2) is 0 Å². The Morgan fingerprint density at radius 3 is 2.68 bits per heavy atom. The molecule has 4 heteroatoms. The number of rotatable bonds is 5. The summed E-state index contributed by atoms with van der Waals surface area (Å²) in [4.78, 5) is 13.1. The van der Waals surface area contributed by atoms with Gasteiger partial charge < -0.3 is 9.64 Å². The minimum atomic E-state index is -0.551. The zero-order valence-corrected chi connectivity index (χ0v) is 13.2. The Labute approximate surface area is 121 Å². The Morgan fingerprint density at radius 1 is 1.58 bits per heavy atom. The summed E-state index contributed by atoms with van der Waals surface area (Å²) in [6.45, 7) is 9.77. The quantitative estimate of drug-likeness (QED) is 0.572. The van der Waals surface area contributed by atoms with Crippen LogP contribution in [-0.2, 0) is 9.53 Å². The van der Waals surface area contributed by atoms with Gasteiger partial charge in [0.05, 0.1) is 17.0 Å². The molecule has 108 valence electrons. The topological polar surface area (TPSA) is 29.5 Å². The summed E-state index contributed by atoms with van der Waals surface area (Å²) in [7, 11) is 0. The number of hydrogen-bond donors (Lipinski definition) is 0. The highest BCUT2D eigenvalue weighted by Gasteiger charge is 2.40. The lowest BCUT2D eigenvalue weighted by molar-refractivity contribution is -0.139. The highest BCUT2D eigenvalue weighted by atomic mass is 35.5. The van der Waals surface area contributed by atoms with Crippen molar-refractivity contribution in [3.63, 3.8) is 0 Å². The molecule has 1 amide bonds. The van der Waals surface area contributed by atoms with Gasteiger partial charge in [-0.05, 0) is 32.8 Å². The minimum Gasteiger partial charge on any atom is -0.358 e. The fourth-order valence-corrected chi connectivity index (χ4v) is 2.68. The second-order valence-electron chi connectivity index (χ2n) is 5.29. The third kappa shape index (κ3) is 3.83. The lowest BCUT2D eigenvalue weighted by atomic mass is 9.85. The Bertz CT molecular complexity index is 390. The Kier molecular flexibility index (Phi) is 5.63. The molecule has 0 saturated heterocycles. The summed E-state index contributed by atoms with van der Waals surface area (Å²) >= 11 is 6.70. The van der Waals surface area contributed by atoms with Crippen LogP contribution in [-0.4, -0.2) is 34.6 Å². The molecule has 0 saturated carbocycles. The Hall–Kier alpha value is -0.800. The molecule has 0 N–H and O–H groups in total. The first-order valence-corrected chi connectivity index (χ1v) is 7.13. The molecule has 1 aliphatic carbocycles. The fraction of sp³-hybridized carbons (Fsp3) is 0.667. The van der Waals surface area contributed by atoms with Gasteiger partial charge in [0, 0.05) is 6.92 Å². The van der Waals surface area contributed by atoms with Crippen molar-refractivity contribution in [2.45, 2.75) is 58.1 Å². The molecule has 0 aliphatic heterocycles. The first-order chi connectivity index (χ1) is 8.81. The number of hydrogen-bond acceptors (Lipinski definition) is 2. The summed E-state index contributed by atoms with van der Waals surface area (Å²) in [6, 6.07) is -0.152. The number of carbonyl (C=O) groups excluding carboxylic acids is 1. The molecule has 0 radical (unpaired) electrons. The molecule has 0 aromatic carbocycles. The van der Waals surface area contributed by atoms with Crippen molar-refractivity contribution in [1.82, 2.24) is 4.90 Å². The van der Waals surface area contributed by atoms with Gasteiger partial charge in [-0.1, -0.05) is 25.2 Å². The number of allylic oxidation sites excluding steroid dienone is 2. The third-order valence-electron chi connectivity index (χ3n) is 3.42. The summed E-state index contributed by atoms with van der Waals surface area (Å²) < 4.78 is 5.60. The molecule has 0 aromatic heterocycles. The molecule has 19 heavy (non-hydrogen) atoms. The number of amides is 1. The molecule has 0 aromatic rings. The smallest absolute Gasteiger partial charge is 0.221 e. The van der Waals surface area contributed by atoms with Gasteiger partial charge in [0.2, 0.25) is 5.91 Å². The van der Waals surface area contributed by atoms with Gasteiger partial charge in [-0.3, -0.25) is 4.79 Å². The molecule has 1 aliphatic rings. The molecular formula is C15H24ClNO2. The van der Waals surface area contributed by atoms with Crippen molar-refractivity contribution < 1.29 is 9.53 Å². The van der Waals surface area contributed by atoms with E-state index in [2.05, 4.69) is 0 Å². The van der Waals surface area contributed by atoms with Crippen LogP contribution in [0.1, 0.15) is 41.0 Å². The van der Waals surface area contributed by atoms with Crippen LogP contribution in [0.4, 0.5) is 0 Å². The van der Waals surface area contributed by atoms with E-state index in [-0.39, 0.29) is 24.8 Å². The highest BCUT2D eigenvalue weighted by Crippen LogP contribution is 2.36. The van der Waals surface area contributed by atoms with E-state index in [1.165, 1.54) is 0 Å². The molecule has 0 bridgehead atoms. The van der Waals surface area contributed by atoms with Crippen molar-refractivity contribution in [3.8, 4) is 0 Å². The van der Waals surface area contributed by atoms with Gasteiger partial charge in [0.15, 0.2) is 0 Å². The average Bonchev–Trinajstić information content (AvgIpc) is 2.32. The number of ether oxygens (including phenoxy) is 1. The standard InChI is InChI=1S/C15H24ClNO2/c1-6-15(16)9-7-8-12(4)14(15)17(13(5)18)10-19-11(2)3/h7-9,11,14H,6,10H2,1-5H3. The van der Waals surface area contributed by atoms with Crippen LogP contribution >= 0.6 is 11.6 Å². The maximum Gasteiger partial charge on any atom is 0.221 e. The Balaban J connectivity index is 3.01. The van der Waals surface area contributed by atoms with Crippen molar-refractivity contribution in [2.24, 2.45) is 0 Å². The van der Waals surface area contributed by atoms with Crippen molar-refractivity contribution in [3.05, 3.63) is 23.8 Å². The van der Waals surface area contributed by atoms with E-state index in [0.29, 0.717) is 0 Å². The second-order valence-corrected chi connectivity index (χ2v) is 5.99. The van der Waals surface area contributed by atoms with Crippen LogP contribution in [0, 0.1) is 0 Å². The maximum absolute atomic E-state index is 11.9. The molecule has 3 nitrogen and oxygen atoms in total. The van der Waals surface area contributed by atoms with E-state index < -0.39 is 4.87 Å². The van der Waals surface area contributed by atoms with Crippen molar-refractivity contribution in [1.29, 1.82) is 0 Å². The molecule has 0 spiro atoms. The van der Waals surface area contributed by atoms with E-state index in [1.54, 1.807) is 11.8 Å². The van der Waals surface area contributed by atoms with E-state index in [9.17, 15) is 4.79 Å². The normalized spacial score (nSPS) is 26.5. The van der Waals surface area contributed by atoms with Gasteiger partial charge in [-0.2, -0.15) is 0 Å². The number of alkyl halides is 1. The molecule has 2 unspecified atom stereocenters. The first-order valence-electron chi connectivity index (χ1n) is 6.75. The number of nitrogens with zero attached hydrogens (tertiary/aromatic N) is 1. The number of halogens is 1. The van der Waals surface area contributed by atoms with E-state index in [4.69, 9.17) is 16.3 Å². The van der Waals surface area contributed by atoms with Crippen LogP contribution in [0.3, 0.4) is 0 Å². The van der Waals surface area contributed by atoms with Gasteiger partial charge in [0.1, 0.15) is 6.73 Å². The Morgan fingerprint density at radius 2 is 2.21 bits per heavy atom. The predicted octanol–water partition coefficient (Wildman–Crippen LogP) is 3.49. The van der Waals surface area contributed by atoms with Crippen LogP contribution in [0.5, 0.6) is 0 Å². The molecule has 1 rings (SSSR count). The van der Waals surface area contributed by atoms with E-state index >= 15 is 0 Å². The summed E-state index contributed by atoms with van der Waals surface area (Å²) in [6.07, 6.45) is 6.77. The summed E-state index contributed by atoms with van der Waals surface area (Å²) in [5.41, 5.74) is 1.09. The van der Waals surface area contributed by atoms with Crippen LogP contribution in [0.15, 0.2) is 23.8 Å². The zero-order chi connectivity index (χ0) is 14.6. The zero-order valence-electron chi connectivity index (χ0n) is 12.4. The molecule has 2 atom stereocenters. The minimum absolute atomic E-state index is 0.0211. The largest absolute Gasteiger partial charge is 0.358 e. The summed E-state index contributed by atoms with van der Waals surface area (Å²) in [5, 5.41) is 0. The van der Waals surface area contributed by atoms with Gasteiger partial charge >= 0.3 is 0 Å². The van der Waals surface area contributed by atoms with Crippen molar-refractivity contribution in [2.75, 3.05) is 6.73 Å².